The van der Waals surface area contributed by atoms with E-state index in [0.29, 0.717) is 30.9 Å². The van der Waals surface area contributed by atoms with Gasteiger partial charge < -0.3 is 14.6 Å². The van der Waals surface area contributed by atoms with Crippen molar-refractivity contribution in [1.82, 2.24) is 9.88 Å². The number of methoxy groups -OCH3 is 1. The van der Waals surface area contributed by atoms with Gasteiger partial charge in [0.1, 0.15) is 0 Å². The van der Waals surface area contributed by atoms with Gasteiger partial charge in [-0.25, -0.2) is 0 Å². The van der Waals surface area contributed by atoms with Crippen LogP contribution in [0.1, 0.15) is 12.0 Å². The average molecular weight is 300 g/mol. The number of hydrogen-bond acceptors (Lipinski definition) is 3. The number of carbonyl (C=O) groups is 1. The Balaban J connectivity index is 1.73. The highest BCUT2D eigenvalue weighted by molar-refractivity contribution is 5.80. The molecule has 0 spiro atoms. The number of benzene rings is 1. The predicted octanol–water partition coefficient (Wildman–Crippen LogP) is 1.57. The van der Waals surface area contributed by atoms with Gasteiger partial charge in [0.25, 0.3) is 0 Å². The second kappa shape index (κ2) is 6.32. The number of H-pyrrole nitrogens is 1. The summed E-state index contributed by atoms with van der Waals surface area (Å²) >= 11 is 0. The molecule has 1 aliphatic rings. The van der Waals surface area contributed by atoms with Crippen molar-refractivity contribution in [2.24, 2.45) is 5.92 Å². The molecule has 1 saturated heterocycles. The smallest absolute Gasteiger partial charge is 0.223 e. The number of aromatic amines is 1. The van der Waals surface area contributed by atoms with Gasteiger partial charge in [0.15, 0.2) is 5.43 Å². The van der Waals surface area contributed by atoms with E-state index in [0.717, 1.165) is 24.0 Å². The topological polar surface area (TPSA) is 62.4 Å². The van der Waals surface area contributed by atoms with Crippen LogP contribution in [-0.2, 0) is 16.0 Å². The molecule has 0 bridgehead atoms. The minimum atomic E-state index is 0.0276. The maximum Gasteiger partial charge on any atom is 0.223 e. The number of likely N-dealkylation sites (tertiary alicyclic amines) is 1. The molecule has 0 radical (unpaired) electrons. The van der Waals surface area contributed by atoms with Gasteiger partial charge >= 0.3 is 0 Å². The van der Waals surface area contributed by atoms with E-state index in [1.165, 1.54) is 6.07 Å². The van der Waals surface area contributed by atoms with Crippen LogP contribution in [-0.4, -0.2) is 42.6 Å². The van der Waals surface area contributed by atoms with Crippen LogP contribution in [0.5, 0.6) is 0 Å². The van der Waals surface area contributed by atoms with Crippen molar-refractivity contribution in [3.63, 3.8) is 0 Å². The normalized spacial score (nSPS) is 18.3. The number of amides is 1. The fraction of sp³-hybridized carbons (Fsp3) is 0.412. The summed E-state index contributed by atoms with van der Waals surface area (Å²) < 4.78 is 5.03. The SMILES string of the molecule is COCCN1C[C@@H](Cc2ccc3[nH]ccc(=O)c3c2)CC1=O. The van der Waals surface area contributed by atoms with Crippen LogP contribution in [0, 0.1) is 5.92 Å². The van der Waals surface area contributed by atoms with Crippen molar-refractivity contribution in [1.29, 1.82) is 0 Å². The number of pyridine rings is 1. The molecule has 1 atom stereocenters. The minimum Gasteiger partial charge on any atom is -0.383 e. The number of aromatic nitrogens is 1. The van der Waals surface area contributed by atoms with Gasteiger partial charge in [-0.1, -0.05) is 6.07 Å². The minimum absolute atomic E-state index is 0.0276. The molecule has 1 amide bonds. The van der Waals surface area contributed by atoms with Crippen LogP contribution < -0.4 is 5.43 Å². The molecule has 1 aromatic carbocycles. The van der Waals surface area contributed by atoms with Gasteiger partial charge in [-0.05, 0) is 30.0 Å². The number of nitrogens with zero attached hydrogens (tertiary/aromatic N) is 1. The lowest BCUT2D eigenvalue weighted by Crippen LogP contribution is -2.28. The molecule has 0 aliphatic carbocycles. The van der Waals surface area contributed by atoms with Gasteiger partial charge in [0, 0.05) is 49.8 Å². The molecule has 22 heavy (non-hydrogen) atoms. The zero-order chi connectivity index (χ0) is 15.5. The van der Waals surface area contributed by atoms with E-state index < -0.39 is 0 Å². The monoisotopic (exact) mass is 300 g/mol. The highest BCUT2D eigenvalue weighted by Crippen LogP contribution is 2.23. The largest absolute Gasteiger partial charge is 0.383 e. The number of rotatable bonds is 5. The molecule has 5 heteroatoms. The quantitative estimate of drug-likeness (QED) is 0.911. The highest BCUT2D eigenvalue weighted by Gasteiger charge is 2.29. The number of hydrogen-bond donors (Lipinski definition) is 1. The Kier molecular flexibility index (Phi) is 4.24. The summed E-state index contributed by atoms with van der Waals surface area (Å²) in [6, 6.07) is 7.44. The van der Waals surface area contributed by atoms with Crippen molar-refractivity contribution >= 4 is 16.8 Å². The van der Waals surface area contributed by atoms with Crippen LogP contribution in [0.2, 0.25) is 0 Å². The van der Waals surface area contributed by atoms with Crippen LogP contribution in [0.15, 0.2) is 35.3 Å². The first-order valence-corrected chi connectivity index (χ1v) is 7.54. The van der Waals surface area contributed by atoms with E-state index in [2.05, 4.69) is 4.98 Å². The number of nitrogens with one attached hydrogen (secondary N) is 1. The van der Waals surface area contributed by atoms with Crippen molar-refractivity contribution in [2.75, 3.05) is 26.8 Å². The third-order valence-corrected chi connectivity index (χ3v) is 4.21. The molecule has 3 rings (SSSR count). The summed E-state index contributed by atoms with van der Waals surface area (Å²) in [6.07, 6.45) is 3.06. The lowest BCUT2D eigenvalue weighted by atomic mass is 9.97. The standard InChI is InChI=1S/C17H20N2O3/c1-22-7-6-19-11-13(10-17(19)21)8-12-2-3-15-14(9-12)16(20)4-5-18-15/h2-5,9,13H,6-8,10-11H2,1H3,(H,18,20)/t13-/m0/s1. The van der Waals surface area contributed by atoms with Crippen LogP contribution in [0.25, 0.3) is 10.9 Å². The zero-order valence-corrected chi connectivity index (χ0v) is 12.7. The summed E-state index contributed by atoms with van der Waals surface area (Å²) in [5.74, 6) is 0.505. The van der Waals surface area contributed by atoms with Gasteiger partial charge in [-0.2, -0.15) is 0 Å². The molecule has 1 aromatic heterocycles. The Morgan fingerprint density at radius 1 is 1.32 bits per heavy atom. The van der Waals surface area contributed by atoms with E-state index in [1.807, 2.05) is 23.1 Å². The Labute approximate surface area is 128 Å². The maximum atomic E-state index is 12.0. The van der Waals surface area contributed by atoms with E-state index >= 15 is 0 Å². The number of ether oxygens (including phenoxy) is 1. The molecule has 1 fully saturated rings. The van der Waals surface area contributed by atoms with Crippen LogP contribution in [0.3, 0.4) is 0 Å². The predicted molar refractivity (Wildman–Crippen MR) is 84.8 cm³/mol. The summed E-state index contributed by atoms with van der Waals surface area (Å²) in [7, 11) is 1.64. The van der Waals surface area contributed by atoms with Crippen molar-refractivity contribution in [3.8, 4) is 0 Å². The van der Waals surface area contributed by atoms with E-state index in [-0.39, 0.29) is 11.3 Å². The Morgan fingerprint density at radius 2 is 2.18 bits per heavy atom. The lowest BCUT2D eigenvalue weighted by molar-refractivity contribution is -0.128. The van der Waals surface area contributed by atoms with Gasteiger partial charge in [-0.15, -0.1) is 0 Å². The van der Waals surface area contributed by atoms with Gasteiger partial charge in [0.05, 0.1) is 6.61 Å². The summed E-state index contributed by atoms with van der Waals surface area (Å²) in [5.41, 5.74) is 1.98. The second-order valence-electron chi connectivity index (χ2n) is 5.83. The Hall–Kier alpha value is -2.14. The average Bonchev–Trinajstić information content (AvgIpc) is 2.86. The lowest BCUT2D eigenvalue weighted by Gasteiger charge is -2.16. The molecule has 1 aliphatic heterocycles. The fourth-order valence-corrected chi connectivity index (χ4v) is 3.09. The van der Waals surface area contributed by atoms with Crippen molar-refractivity contribution < 1.29 is 9.53 Å². The zero-order valence-electron chi connectivity index (χ0n) is 12.7. The van der Waals surface area contributed by atoms with Gasteiger partial charge in [0.2, 0.25) is 5.91 Å². The highest BCUT2D eigenvalue weighted by atomic mass is 16.5. The van der Waals surface area contributed by atoms with Crippen molar-refractivity contribution in [3.05, 3.63) is 46.2 Å². The first-order valence-electron chi connectivity index (χ1n) is 7.54. The first kappa shape index (κ1) is 14.8. The Morgan fingerprint density at radius 3 is 3.00 bits per heavy atom. The summed E-state index contributed by atoms with van der Waals surface area (Å²) in [5, 5.41) is 0.709. The molecule has 0 unspecified atom stereocenters. The van der Waals surface area contributed by atoms with Crippen LogP contribution >= 0.6 is 0 Å². The molecular weight excluding hydrogens is 280 g/mol. The maximum absolute atomic E-state index is 12.0. The Bertz CT molecular complexity index is 738. The molecule has 1 N–H and O–H groups in total. The number of fused-ring (bicyclic) bond motifs is 1. The molecule has 2 aromatic rings. The number of carbonyl (C=O) groups excluding carboxylic acids is 1. The van der Waals surface area contributed by atoms with Crippen LogP contribution in [0.4, 0.5) is 0 Å². The molecule has 5 nitrogen and oxygen atoms in total. The van der Waals surface area contributed by atoms with E-state index in [4.69, 9.17) is 4.74 Å². The molecule has 2 heterocycles. The van der Waals surface area contributed by atoms with E-state index in [9.17, 15) is 9.59 Å². The summed E-state index contributed by atoms with van der Waals surface area (Å²) in [6.45, 7) is 2.00. The summed E-state index contributed by atoms with van der Waals surface area (Å²) in [4.78, 5) is 28.8. The van der Waals surface area contributed by atoms with Gasteiger partial charge in [-0.3, -0.25) is 9.59 Å². The second-order valence-corrected chi connectivity index (χ2v) is 5.83. The van der Waals surface area contributed by atoms with E-state index in [1.54, 1.807) is 13.3 Å². The fourth-order valence-electron chi connectivity index (χ4n) is 3.09. The first-order chi connectivity index (χ1) is 10.7. The molecule has 0 saturated carbocycles. The molecular formula is C17H20N2O3. The third-order valence-electron chi connectivity index (χ3n) is 4.21. The third kappa shape index (κ3) is 3.04. The van der Waals surface area contributed by atoms with Crippen molar-refractivity contribution in [2.45, 2.75) is 12.8 Å². The molecule has 116 valence electrons.